The zero-order valence-corrected chi connectivity index (χ0v) is 18.9. The number of methoxy groups -OCH3 is 1. The normalized spacial score (nSPS) is 16.5. The molecule has 1 aliphatic rings. The van der Waals surface area contributed by atoms with Gasteiger partial charge in [0, 0.05) is 38.7 Å². The first-order valence-corrected chi connectivity index (χ1v) is 9.51. The Bertz CT molecular complexity index is 715. The quantitative estimate of drug-likeness (QED) is 0.341. The van der Waals surface area contributed by atoms with E-state index >= 15 is 0 Å². The second kappa shape index (κ2) is 12.0. The Kier molecular flexibility index (Phi) is 9.63. The first kappa shape index (κ1) is 22.5. The highest BCUT2D eigenvalue weighted by molar-refractivity contribution is 14.0. The third-order valence-corrected chi connectivity index (χ3v) is 4.66. The molecule has 0 saturated carbocycles. The molecule has 1 aliphatic heterocycles. The van der Waals surface area contributed by atoms with Crippen molar-refractivity contribution >= 4 is 29.9 Å². The number of nitrogens with one attached hydrogen (secondary N) is 1. The van der Waals surface area contributed by atoms with Gasteiger partial charge >= 0.3 is 0 Å². The molecule has 1 atom stereocenters. The van der Waals surface area contributed by atoms with E-state index < -0.39 is 0 Å². The van der Waals surface area contributed by atoms with Crippen LogP contribution in [0.15, 0.2) is 52.1 Å². The molecule has 0 spiro atoms. The minimum atomic E-state index is 0. The fourth-order valence-electron chi connectivity index (χ4n) is 3.20. The number of guanidine groups is 1. The third-order valence-electron chi connectivity index (χ3n) is 4.66. The highest BCUT2D eigenvalue weighted by atomic mass is 127. The van der Waals surface area contributed by atoms with Crippen molar-refractivity contribution in [2.24, 2.45) is 4.99 Å². The predicted molar refractivity (Wildman–Crippen MR) is 122 cm³/mol. The monoisotopic (exact) mass is 499 g/mol. The topological polar surface area (TPSA) is 59.2 Å². The Balaban J connectivity index is 0.00000280. The van der Waals surface area contributed by atoms with Gasteiger partial charge < -0.3 is 24.1 Å². The maximum Gasteiger partial charge on any atom is 0.194 e. The maximum absolute atomic E-state index is 5.71. The zero-order valence-electron chi connectivity index (χ0n) is 16.6. The van der Waals surface area contributed by atoms with E-state index in [1.807, 2.05) is 37.4 Å². The summed E-state index contributed by atoms with van der Waals surface area (Å²) in [7, 11) is 3.74. The maximum atomic E-state index is 5.71. The van der Waals surface area contributed by atoms with E-state index in [9.17, 15) is 0 Å². The molecule has 0 radical (unpaired) electrons. The number of benzene rings is 1. The summed E-state index contributed by atoms with van der Waals surface area (Å²) < 4.78 is 16.6. The molecule has 1 N–H and O–H groups in total. The average Bonchev–Trinajstić information content (AvgIpc) is 3.39. The van der Waals surface area contributed by atoms with Crippen molar-refractivity contribution < 1.29 is 13.9 Å². The molecule has 2 heterocycles. The lowest BCUT2D eigenvalue weighted by Crippen LogP contribution is -2.40. The highest BCUT2D eigenvalue weighted by Crippen LogP contribution is 2.19. The number of rotatable bonds is 8. The van der Waals surface area contributed by atoms with Crippen LogP contribution in [0, 0.1) is 0 Å². The van der Waals surface area contributed by atoms with E-state index in [-0.39, 0.29) is 30.1 Å². The molecule has 154 valence electrons. The van der Waals surface area contributed by atoms with Gasteiger partial charge in [-0.05, 0) is 31.0 Å². The van der Waals surface area contributed by atoms with Gasteiger partial charge in [0.05, 0.1) is 26.0 Å². The Morgan fingerprint density at radius 2 is 2.14 bits per heavy atom. The van der Waals surface area contributed by atoms with Gasteiger partial charge in [0.15, 0.2) is 5.96 Å². The van der Waals surface area contributed by atoms with Crippen LogP contribution >= 0.6 is 24.0 Å². The van der Waals surface area contributed by atoms with Crippen molar-refractivity contribution in [3.05, 3.63) is 54.0 Å². The fourth-order valence-corrected chi connectivity index (χ4v) is 3.20. The summed E-state index contributed by atoms with van der Waals surface area (Å²) in [6, 6.07) is 12.0. The summed E-state index contributed by atoms with van der Waals surface area (Å²) in [5, 5.41) is 3.46. The first-order chi connectivity index (χ1) is 13.3. The van der Waals surface area contributed by atoms with Crippen molar-refractivity contribution in [2.75, 3.05) is 33.9 Å². The molecule has 28 heavy (non-hydrogen) atoms. The molecule has 1 saturated heterocycles. The summed E-state index contributed by atoms with van der Waals surface area (Å²) in [5.74, 6) is 2.72. The van der Waals surface area contributed by atoms with Crippen LogP contribution in [0.4, 0.5) is 0 Å². The number of halogens is 1. The number of furan rings is 1. The van der Waals surface area contributed by atoms with Crippen LogP contribution in [0.1, 0.15) is 24.2 Å². The molecule has 7 heteroatoms. The van der Waals surface area contributed by atoms with Crippen molar-refractivity contribution in [3.8, 4) is 5.75 Å². The minimum Gasteiger partial charge on any atom is -0.496 e. The van der Waals surface area contributed by atoms with Gasteiger partial charge in [-0.25, -0.2) is 0 Å². The third kappa shape index (κ3) is 6.70. The van der Waals surface area contributed by atoms with Gasteiger partial charge in [-0.1, -0.05) is 18.2 Å². The number of hydrogen-bond donors (Lipinski definition) is 1. The van der Waals surface area contributed by atoms with E-state index in [0.29, 0.717) is 13.1 Å². The molecule has 1 fully saturated rings. The number of para-hydroxylation sites is 1. The van der Waals surface area contributed by atoms with E-state index in [1.165, 1.54) is 0 Å². The standard InChI is InChI=1S/C21H29N3O3.HI/c1-24(16-17-7-3-4-10-20(17)25-2)21(23-15-19-9-6-14-27-19)22-12-11-18-8-5-13-26-18;/h3-5,7-8,10,13,19H,6,9,11-12,14-16H2,1-2H3,(H,22,23);1H. The average molecular weight is 499 g/mol. The van der Waals surface area contributed by atoms with Crippen molar-refractivity contribution in [2.45, 2.75) is 31.9 Å². The molecule has 0 amide bonds. The molecule has 1 unspecified atom stereocenters. The van der Waals surface area contributed by atoms with E-state index in [1.54, 1.807) is 13.4 Å². The fraction of sp³-hybridized carbons (Fsp3) is 0.476. The largest absolute Gasteiger partial charge is 0.496 e. The lowest BCUT2D eigenvalue weighted by molar-refractivity contribution is 0.117. The van der Waals surface area contributed by atoms with Crippen molar-refractivity contribution in [3.63, 3.8) is 0 Å². The van der Waals surface area contributed by atoms with Crippen LogP contribution in [0.3, 0.4) is 0 Å². The molecule has 0 aliphatic carbocycles. The number of ether oxygens (including phenoxy) is 2. The highest BCUT2D eigenvalue weighted by Gasteiger charge is 2.16. The smallest absolute Gasteiger partial charge is 0.194 e. The van der Waals surface area contributed by atoms with Gasteiger partial charge in [0.25, 0.3) is 0 Å². The van der Waals surface area contributed by atoms with E-state index in [4.69, 9.17) is 18.9 Å². The number of aliphatic imine (C=N–C) groups is 1. The SMILES string of the molecule is COc1ccccc1CN(C)C(=NCC1CCCO1)NCCc1ccco1.I. The Hall–Kier alpha value is -1.74. The first-order valence-electron chi connectivity index (χ1n) is 9.51. The Morgan fingerprint density at radius 1 is 1.29 bits per heavy atom. The minimum absolute atomic E-state index is 0. The van der Waals surface area contributed by atoms with E-state index in [2.05, 4.69) is 16.3 Å². The second-order valence-corrected chi connectivity index (χ2v) is 6.72. The van der Waals surface area contributed by atoms with Gasteiger partial charge in [0.2, 0.25) is 0 Å². The molecule has 1 aromatic heterocycles. The van der Waals surface area contributed by atoms with Gasteiger partial charge in [-0.15, -0.1) is 24.0 Å². The van der Waals surface area contributed by atoms with Gasteiger partial charge in [-0.3, -0.25) is 4.99 Å². The predicted octanol–water partition coefficient (Wildman–Crippen LogP) is 3.71. The summed E-state index contributed by atoms with van der Waals surface area (Å²) in [4.78, 5) is 6.93. The van der Waals surface area contributed by atoms with Crippen molar-refractivity contribution in [1.29, 1.82) is 0 Å². The summed E-state index contributed by atoms with van der Waals surface area (Å²) >= 11 is 0. The van der Waals surface area contributed by atoms with Crippen LogP contribution in [0.25, 0.3) is 0 Å². The number of nitrogens with zero attached hydrogens (tertiary/aromatic N) is 2. The van der Waals surface area contributed by atoms with Gasteiger partial charge in [0.1, 0.15) is 11.5 Å². The van der Waals surface area contributed by atoms with E-state index in [0.717, 1.165) is 55.4 Å². The molecule has 0 bridgehead atoms. The summed E-state index contributed by atoms with van der Waals surface area (Å²) in [5.41, 5.74) is 1.13. The lowest BCUT2D eigenvalue weighted by Gasteiger charge is -2.24. The van der Waals surface area contributed by atoms with Crippen LogP contribution in [-0.4, -0.2) is 50.8 Å². The molecule has 1 aromatic carbocycles. The van der Waals surface area contributed by atoms with Crippen molar-refractivity contribution in [1.82, 2.24) is 10.2 Å². The molecule has 2 aromatic rings. The molecular formula is C21H30IN3O3. The van der Waals surface area contributed by atoms with Crippen LogP contribution < -0.4 is 10.1 Å². The Morgan fingerprint density at radius 3 is 2.86 bits per heavy atom. The second-order valence-electron chi connectivity index (χ2n) is 6.72. The summed E-state index contributed by atoms with van der Waals surface area (Å²) in [6.07, 6.45) is 4.95. The zero-order chi connectivity index (χ0) is 18.9. The summed E-state index contributed by atoms with van der Waals surface area (Å²) in [6.45, 7) is 2.99. The Labute approximate surface area is 184 Å². The number of hydrogen-bond acceptors (Lipinski definition) is 4. The lowest BCUT2D eigenvalue weighted by atomic mass is 10.2. The van der Waals surface area contributed by atoms with Crippen LogP contribution in [0.5, 0.6) is 5.75 Å². The molecule has 3 rings (SSSR count). The molecular weight excluding hydrogens is 469 g/mol. The van der Waals surface area contributed by atoms with Gasteiger partial charge in [-0.2, -0.15) is 0 Å². The molecule has 6 nitrogen and oxygen atoms in total. The van der Waals surface area contributed by atoms with Crippen LogP contribution in [0.2, 0.25) is 0 Å². The van der Waals surface area contributed by atoms with Crippen LogP contribution in [-0.2, 0) is 17.7 Å².